The fourth-order valence-corrected chi connectivity index (χ4v) is 5.43. The summed E-state index contributed by atoms with van der Waals surface area (Å²) < 4.78 is 22.4. The molecule has 36 heavy (non-hydrogen) atoms. The van der Waals surface area contributed by atoms with Crippen molar-refractivity contribution >= 4 is 28.5 Å². The molecule has 2 aromatic rings. The summed E-state index contributed by atoms with van der Waals surface area (Å²) in [5.74, 6) is -1.68. The van der Waals surface area contributed by atoms with Crippen molar-refractivity contribution in [1.29, 1.82) is 0 Å². The molecule has 3 aliphatic rings. The fourth-order valence-electron chi connectivity index (χ4n) is 5.43. The van der Waals surface area contributed by atoms with Gasteiger partial charge in [-0.05, 0) is 44.4 Å². The first kappa shape index (κ1) is 24.7. The van der Waals surface area contributed by atoms with Crippen LogP contribution in [0.5, 0.6) is 0 Å². The van der Waals surface area contributed by atoms with E-state index >= 15 is 4.39 Å². The zero-order valence-electron chi connectivity index (χ0n) is 20.9. The second-order valence-electron chi connectivity index (χ2n) is 10.2. The number of fused-ring (bicyclic) bond motifs is 1. The van der Waals surface area contributed by atoms with Crippen molar-refractivity contribution < 1.29 is 18.7 Å². The highest BCUT2D eigenvalue weighted by atomic mass is 19.1. The number of hydrogen-bond acceptors (Lipinski definition) is 6. The van der Waals surface area contributed by atoms with Crippen molar-refractivity contribution in [2.24, 2.45) is 0 Å². The molecule has 1 amide bonds. The highest BCUT2D eigenvalue weighted by molar-refractivity contribution is 5.95. The third kappa shape index (κ3) is 5.26. The number of carbonyl (C=O) groups excluding carboxylic acids is 2. The lowest BCUT2D eigenvalue weighted by Gasteiger charge is -2.35. The van der Waals surface area contributed by atoms with Crippen LogP contribution in [0, 0.1) is 5.82 Å². The van der Waals surface area contributed by atoms with Crippen molar-refractivity contribution in [3.05, 3.63) is 39.9 Å². The number of amides is 1. The van der Waals surface area contributed by atoms with Gasteiger partial charge < -0.3 is 24.4 Å². The maximum atomic E-state index is 15.2. The van der Waals surface area contributed by atoms with E-state index in [1.807, 2.05) is 9.47 Å². The van der Waals surface area contributed by atoms with Crippen LogP contribution < -0.4 is 15.6 Å². The van der Waals surface area contributed by atoms with Gasteiger partial charge in [-0.3, -0.25) is 9.59 Å². The molecule has 3 fully saturated rings. The van der Waals surface area contributed by atoms with Crippen molar-refractivity contribution in [2.75, 3.05) is 44.2 Å². The lowest BCUT2D eigenvalue weighted by Crippen LogP contribution is -2.46. The molecule has 5 rings (SSSR count). The van der Waals surface area contributed by atoms with Gasteiger partial charge in [-0.1, -0.05) is 26.2 Å². The first-order valence-corrected chi connectivity index (χ1v) is 13.3. The average molecular weight is 499 g/mol. The Balaban J connectivity index is 1.37. The van der Waals surface area contributed by atoms with Crippen LogP contribution in [0.15, 0.2) is 23.1 Å². The molecule has 194 valence electrons. The minimum atomic E-state index is -0.852. The van der Waals surface area contributed by atoms with Crippen molar-refractivity contribution in [3.63, 3.8) is 0 Å². The molecule has 0 radical (unpaired) electrons. The molecule has 2 aliphatic carbocycles. The van der Waals surface area contributed by atoms with Gasteiger partial charge in [-0.25, -0.2) is 9.18 Å². The van der Waals surface area contributed by atoms with E-state index in [-0.39, 0.29) is 28.9 Å². The van der Waals surface area contributed by atoms with Gasteiger partial charge in [0.2, 0.25) is 5.43 Å². The predicted molar refractivity (Wildman–Crippen MR) is 136 cm³/mol. The van der Waals surface area contributed by atoms with Gasteiger partial charge in [0.1, 0.15) is 11.4 Å². The van der Waals surface area contributed by atoms with E-state index in [1.165, 1.54) is 18.7 Å². The quantitative estimate of drug-likeness (QED) is 0.591. The van der Waals surface area contributed by atoms with Crippen LogP contribution in [-0.4, -0.2) is 66.7 Å². The number of benzene rings is 1. The highest BCUT2D eigenvalue weighted by Crippen LogP contribution is 2.38. The number of rotatable bonds is 7. The van der Waals surface area contributed by atoms with E-state index in [2.05, 4.69) is 17.1 Å². The van der Waals surface area contributed by atoms with Gasteiger partial charge in [-0.2, -0.15) is 0 Å². The van der Waals surface area contributed by atoms with Crippen molar-refractivity contribution in [2.45, 2.75) is 64.0 Å². The van der Waals surface area contributed by atoms with E-state index < -0.39 is 23.8 Å². The SMILES string of the molecule is CCN1CCN(c2cc3c(cc2F)c(=O)c(C(=O)OCC(=O)NC2CCCCC2)cn3C2CC2)CC1. The Labute approximate surface area is 210 Å². The third-order valence-electron chi connectivity index (χ3n) is 7.73. The number of pyridine rings is 1. The summed E-state index contributed by atoms with van der Waals surface area (Å²) in [5, 5.41) is 3.07. The van der Waals surface area contributed by atoms with E-state index in [9.17, 15) is 14.4 Å². The molecular weight excluding hydrogens is 463 g/mol. The van der Waals surface area contributed by atoms with E-state index in [4.69, 9.17) is 4.74 Å². The Morgan fingerprint density at radius 2 is 1.78 bits per heavy atom. The second kappa shape index (κ2) is 10.6. The molecule has 1 aromatic carbocycles. The van der Waals surface area contributed by atoms with Crippen LogP contribution >= 0.6 is 0 Å². The molecule has 1 aromatic heterocycles. The molecule has 0 unspecified atom stereocenters. The number of piperazine rings is 1. The van der Waals surface area contributed by atoms with Crippen molar-refractivity contribution in [3.8, 4) is 0 Å². The summed E-state index contributed by atoms with van der Waals surface area (Å²) in [5.41, 5.74) is 0.384. The molecule has 0 spiro atoms. The number of anilines is 1. The number of nitrogens with zero attached hydrogens (tertiary/aromatic N) is 3. The zero-order chi connectivity index (χ0) is 25.2. The minimum absolute atomic E-state index is 0.111. The van der Waals surface area contributed by atoms with Gasteiger partial charge in [0, 0.05) is 49.8 Å². The van der Waals surface area contributed by atoms with Crippen LogP contribution in [-0.2, 0) is 9.53 Å². The first-order valence-electron chi connectivity index (χ1n) is 13.3. The number of aromatic nitrogens is 1. The van der Waals surface area contributed by atoms with Gasteiger partial charge in [0.25, 0.3) is 5.91 Å². The fraction of sp³-hybridized carbons (Fsp3) is 0.593. The molecule has 1 N–H and O–H groups in total. The third-order valence-corrected chi connectivity index (χ3v) is 7.73. The normalized spacial score (nSPS) is 19.4. The Hall–Kier alpha value is -2.94. The summed E-state index contributed by atoms with van der Waals surface area (Å²) in [6.07, 6.45) is 8.58. The summed E-state index contributed by atoms with van der Waals surface area (Å²) >= 11 is 0. The topological polar surface area (TPSA) is 83.9 Å². The molecule has 2 heterocycles. The highest BCUT2D eigenvalue weighted by Gasteiger charge is 2.29. The molecule has 8 nitrogen and oxygen atoms in total. The van der Waals surface area contributed by atoms with Crippen LogP contribution in [0.4, 0.5) is 10.1 Å². The minimum Gasteiger partial charge on any atom is -0.452 e. The van der Waals surface area contributed by atoms with E-state index in [1.54, 1.807) is 6.07 Å². The Bertz CT molecular complexity index is 1190. The second-order valence-corrected chi connectivity index (χ2v) is 10.2. The smallest absolute Gasteiger partial charge is 0.344 e. The summed E-state index contributed by atoms with van der Waals surface area (Å²) in [6, 6.07) is 3.27. The van der Waals surface area contributed by atoms with E-state index in [0.717, 1.165) is 71.2 Å². The number of ether oxygens (including phenoxy) is 1. The number of esters is 1. The van der Waals surface area contributed by atoms with Gasteiger partial charge >= 0.3 is 5.97 Å². The zero-order valence-corrected chi connectivity index (χ0v) is 20.9. The van der Waals surface area contributed by atoms with Crippen LogP contribution in [0.25, 0.3) is 10.9 Å². The molecular formula is C27H35FN4O4. The molecule has 1 saturated heterocycles. The maximum absolute atomic E-state index is 15.2. The Kier molecular flexibility index (Phi) is 7.27. The van der Waals surface area contributed by atoms with Crippen LogP contribution in [0.2, 0.25) is 0 Å². The van der Waals surface area contributed by atoms with Crippen LogP contribution in [0.3, 0.4) is 0 Å². The molecule has 9 heteroatoms. The Morgan fingerprint density at radius 3 is 2.44 bits per heavy atom. The van der Waals surface area contributed by atoms with E-state index in [0.29, 0.717) is 11.2 Å². The van der Waals surface area contributed by atoms with Crippen LogP contribution in [0.1, 0.15) is 68.3 Å². The lowest BCUT2D eigenvalue weighted by molar-refractivity contribution is -0.125. The van der Waals surface area contributed by atoms with Crippen molar-refractivity contribution in [1.82, 2.24) is 14.8 Å². The van der Waals surface area contributed by atoms with Gasteiger partial charge in [0.05, 0.1) is 11.2 Å². The number of halogens is 1. The molecule has 0 bridgehead atoms. The number of nitrogens with one attached hydrogen (secondary N) is 1. The Morgan fingerprint density at radius 1 is 1.06 bits per heavy atom. The summed E-state index contributed by atoms with van der Waals surface area (Å²) in [6.45, 7) is 5.82. The maximum Gasteiger partial charge on any atom is 0.344 e. The lowest BCUT2D eigenvalue weighted by atomic mass is 9.95. The van der Waals surface area contributed by atoms with Gasteiger partial charge in [0.15, 0.2) is 6.61 Å². The largest absolute Gasteiger partial charge is 0.452 e. The molecule has 2 saturated carbocycles. The number of likely N-dealkylation sites (N-methyl/N-ethyl adjacent to an activating group) is 1. The average Bonchev–Trinajstić information content (AvgIpc) is 3.74. The molecule has 1 aliphatic heterocycles. The molecule has 0 atom stereocenters. The summed E-state index contributed by atoms with van der Waals surface area (Å²) in [4.78, 5) is 42.7. The first-order chi connectivity index (χ1) is 17.4. The number of hydrogen-bond donors (Lipinski definition) is 1. The standard InChI is InChI=1S/C27H35FN4O4/c1-2-30-10-12-31(13-11-30)24-15-23-20(14-22(24)28)26(34)21(16-32(23)19-8-9-19)27(35)36-17-25(33)29-18-6-4-3-5-7-18/h14-16,18-19H,2-13,17H2,1H3,(H,29,33). The number of carbonyl (C=O) groups is 2. The van der Waals surface area contributed by atoms with Gasteiger partial charge in [-0.15, -0.1) is 0 Å². The monoisotopic (exact) mass is 498 g/mol. The predicted octanol–water partition coefficient (Wildman–Crippen LogP) is 3.22. The summed E-state index contributed by atoms with van der Waals surface area (Å²) in [7, 11) is 0.